The Balaban J connectivity index is 1.62. The molecule has 0 bridgehead atoms. The van der Waals surface area contributed by atoms with Crippen LogP contribution in [0, 0.1) is 5.82 Å². The molecule has 1 aromatic heterocycles. The fourth-order valence-electron chi connectivity index (χ4n) is 2.29. The van der Waals surface area contributed by atoms with Gasteiger partial charge in [0, 0.05) is 22.4 Å². The SMILES string of the molecule is CC(Sc1nc(CSc2ccccc2)cc(=O)[nH]1)C(=O)Nc1ccc(F)cc1. The lowest BCUT2D eigenvalue weighted by molar-refractivity contribution is -0.115. The highest BCUT2D eigenvalue weighted by atomic mass is 32.2. The molecule has 3 aromatic rings. The van der Waals surface area contributed by atoms with Crippen molar-refractivity contribution in [3.05, 3.63) is 82.5 Å². The number of amides is 1. The van der Waals surface area contributed by atoms with E-state index in [9.17, 15) is 14.0 Å². The number of benzene rings is 2. The van der Waals surface area contributed by atoms with E-state index in [1.54, 1.807) is 18.7 Å². The third-order valence-electron chi connectivity index (χ3n) is 3.67. The second-order valence-corrected chi connectivity index (χ2v) is 8.28. The minimum Gasteiger partial charge on any atom is -0.325 e. The minimum atomic E-state index is -0.495. The van der Waals surface area contributed by atoms with Crippen molar-refractivity contribution >= 4 is 35.1 Å². The normalized spacial score (nSPS) is 11.8. The summed E-state index contributed by atoms with van der Waals surface area (Å²) >= 11 is 2.75. The first kappa shape index (κ1) is 20.2. The van der Waals surface area contributed by atoms with Gasteiger partial charge in [0.2, 0.25) is 5.91 Å². The van der Waals surface area contributed by atoms with E-state index in [0.29, 0.717) is 22.3 Å². The summed E-state index contributed by atoms with van der Waals surface area (Å²) < 4.78 is 13.0. The summed E-state index contributed by atoms with van der Waals surface area (Å²) in [4.78, 5) is 32.5. The molecule has 5 nitrogen and oxygen atoms in total. The maximum Gasteiger partial charge on any atom is 0.251 e. The van der Waals surface area contributed by atoms with Crippen molar-refractivity contribution in [2.75, 3.05) is 5.32 Å². The van der Waals surface area contributed by atoms with E-state index in [1.165, 1.54) is 30.3 Å². The van der Waals surface area contributed by atoms with Crippen LogP contribution in [0.15, 0.2) is 75.5 Å². The van der Waals surface area contributed by atoms with Gasteiger partial charge in [-0.2, -0.15) is 0 Å². The van der Waals surface area contributed by atoms with Crippen LogP contribution in [-0.4, -0.2) is 21.1 Å². The number of carbonyl (C=O) groups excluding carboxylic acids is 1. The molecule has 0 aliphatic rings. The van der Waals surface area contributed by atoms with Gasteiger partial charge in [-0.25, -0.2) is 9.37 Å². The predicted octanol–water partition coefficient (Wildman–Crippen LogP) is 4.32. The summed E-state index contributed by atoms with van der Waals surface area (Å²) in [7, 11) is 0. The second kappa shape index (κ2) is 9.57. The Kier molecular flexibility index (Phi) is 6.89. The Morgan fingerprint density at radius 3 is 2.61 bits per heavy atom. The lowest BCUT2D eigenvalue weighted by Gasteiger charge is -2.12. The zero-order valence-electron chi connectivity index (χ0n) is 15.0. The van der Waals surface area contributed by atoms with Gasteiger partial charge in [0.1, 0.15) is 5.82 Å². The fraction of sp³-hybridized carbons (Fsp3) is 0.150. The molecule has 28 heavy (non-hydrogen) atoms. The Morgan fingerprint density at radius 1 is 1.18 bits per heavy atom. The molecule has 0 aliphatic heterocycles. The highest BCUT2D eigenvalue weighted by Crippen LogP contribution is 2.23. The van der Waals surface area contributed by atoms with Gasteiger partial charge in [-0.05, 0) is 43.3 Å². The van der Waals surface area contributed by atoms with Gasteiger partial charge in [0.15, 0.2) is 5.16 Å². The molecule has 0 saturated heterocycles. The van der Waals surface area contributed by atoms with Crippen LogP contribution in [-0.2, 0) is 10.5 Å². The first-order valence-corrected chi connectivity index (χ1v) is 10.4. The van der Waals surface area contributed by atoms with Crippen molar-refractivity contribution in [2.45, 2.75) is 28.0 Å². The highest BCUT2D eigenvalue weighted by Gasteiger charge is 2.16. The number of carbonyl (C=O) groups is 1. The third kappa shape index (κ3) is 5.97. The maximum absolute atomic E-state index is 13.0. The van der Waals surface area contributed by atoms with E-state index >= 15 is 0 Å². The molecule has 3 rings (SSSR count). The number of halogens is 1. The van der Waals surface area contributed by atoms with Gasteiger partial charge >= 0.3 is 0 Å². The molecule has 2 N–H and O–H groups in total. The van der Waals surface area contributed by atoms with Crippen LogP contribution in [0.1, 0.15) is 12.6 Å². The Labute approximate surface area is 170 Å². The molecule has 0 saturated carbocycles. The van der Waals surface area contributed by atoms with Crippen LogP contribution >= 0.6 is 23.5 Å². The van der Waals surface area contributed by atoms with E-state index in [0.717, 1.165) is 16.7 Å². The summed E-state index contributed by atoms with van der Waals surface area (Å²) in [5.74, 6) is -0.0758. The molecular weight excluding hydrogens is 397 g/mol. The molecule has 0 spiro atoms. The van der Waals surface area contributed by atoms with Crippen LogP contribution in [0.25, 0.3) is 0 Å². The molecule has 1 heterocycles. The quantitative estimate of drug-likeness (QED) is 0.444. The summed E-state index contributed by atoms with van der Waals surface area (Å²) in [5, 5.41) is 2.61. The zero-order chi connectivity index (χ0) is 19.9. The van der Waals surface area contributed by atoms with E-state index < -0.39 is 5.25 Å². The average molecular weight is 416 g/mol. The summed E-state index contributed by atoms with van der Waals surface area (Å²) in [5.41, 5.74) is 0.895. The van der Waals surface area contributed by atoms with Crippen LogP contribution < -0.4 is 10.9 Å². The molecule has 8 heteroatoms. The molecule has 2 aromatic carbocycles. The molecule has 0 aliphatic carbocycles. The second-order valence-electron chi connectivity index (χ2n) is 5.90. The van der Waals surface area contributed by atoms with E-state index in [2.05, 4.69) is 15.3 Å². The predicted molar refractivity (Wildman–Crippen MR) is 111 cm³/mol. The van der Waals surface area contributed by atoms with Gasteiger partial charge in [0.25, 0.3) is 5.56 Å². The van der Waals surface area contributed by atoms with Crippen molar-refractivity contribution < 1.29 is 9.18 Å². The molecule has 144 valence electrons. The van der Waals surface area contributed by atoms with Crippen LogP contribution in [0.5, 0.6) is 0 Å². The number of nitrogens with one attached hydrogen (secondary N) is 2. The number of aromatic amines is 1. The van der Waals surface area contributed by atoms with Crippen LogP contribution in [0.3, 0.4) is 0 Å². The van der Waals surface area contributed by atoms with Crippen molar-refractivity contribution in [1.29, 1.82) is 0 Å². The number of hydrogen-bond donors (Lipinski definition) is 2. The Morgan fingerprint density at radius 2 is 1.89 bits per heavy atom. The fourth-order valence-corrected chi connectivity index (χ4v) is 3.93. The molecular formula is C20H18FN3O2S2. The molecule has 1 amide bonds. The Hall–Kier alpha value is -2.58. The monoisotopic (exact) mass is 415 g/mol. The van der Waals surface area contributed by atoms with Crippen molar-refractivity contribution in [3.63, 3.8) is 0 Å². The number of hydrogen-bond acceptors (Lipinski definition) is 5. The van der Waals surface area contributed by atoms with E-state index in [1.807, 2.05) is 30.3 Å². The summed E-state index contributed by atoms with van der Waals surface area (Å²) in [6.45, 7) is 1.72. The topological polar surface area (TPSA) is 74.8 Å². The maximum atomic E-state index is 13.0. The number of thioether (sulfide) groups is 2. The molecule has 1 atom stereocenters. The minimum absolute atomic E-state index is 0.257. The van der Waals surface area contributed by atoms with Crippen LogP contribution in [0.4, 0.5) is 10.1 Å². The molecule has 1 unspecified atom stereocenters. The summed E-state index contributed by atoms with van der Waals surface area (Å²) in [6.07, 6.45) is 0. The van der Waals surface area contributed by atoms with Crippen molar-refractivity contribution in [3.8, 4) is 0 Å². The standard InChI is InChI=1S/C20H18FN3O2S2/c1-13(19(26)22-15-9-7-14(21)8-10-15)28-20-23-16(11-18(25)24-20)12-27-17-5-3-2-4-6-17/h2-11,13H,12H2,1H3,(H,22,26)(H,23,24,25). The smallest absolute Gasteiger partial charge is 0.251 e. The number of H-pyrrole nitrogens is 1. The van der Waals surface area contributed by atoms with Gasteiger partial charge in [-0.15, -0.1) is 11.8 Å². The average Bonchev–Trinajstić information content (AvgIpc) is 2.68. The highest BCUT2D eigenvalue weighted by molar-refractivity contribution is 8.00. The van der Waals surface area contributed by atoms with Gasteiger partial charge in [-0.1, -0.05) is 30.0 Å². The van der Waals surface area contributed by atoms with Gasteiger partial charge < -0.3 is 10.3 Å². The zero-order valence-corrected chi connectivity index (χ0v) is 16.6. The molecule has 0 fully saturated rings. The lowest BCUT2D eigenvalue weighted by atomic mass is 10.3. The van der Waals surface area contributed by atoms with Crippen molar-refractivity contribution in [2.24, 2.45) is 0 Å². The summed E-state index contributed by atoms with van der Waals surface area (Å²) in [6, 6.07) is 16.8. The van der Waals surface area contributed by atoms with Gasteiger partial charge in [-0.3, -0.25) is 9.59 Å². The number of anilines is 1. The lowest BCUT2D eigenvalue weighted by Crippen LogP contribution is -2.23. The number of rotatable bonds is 7. The van der Waals surface area contributed by atoms with Crippen molar-refractivity contribution in [1.82, 2.24) is 9.97 Å². The largest absolute Gasteiger partial charge is 0.325 e. The number of nitrogens with zero attached hydrogens (tertiary/aromatic N) is 1. The first-order valence-electron chi connectivity index (χ1n) is 8.51. The third-order valence-corrected chi connectivity index (χ3v) is 5.70. The van der Waals surface area contributed by atoms with E-state index in [-0.39, 0.29) is 17.3 Å². The van der Waals surface area contributed by atoms with Crippen LogP contribution in [0.2, 0.25) is 0 Å². The number of aromatic nitrogens is 2. The Bertz CT molecular complexity index is 994. The first-order chi connectivity index (χ1) is 13.5. The van der Waals surface area contributed by atoms with E-state index in [4.69, 9.17) is 0 Å². The van der Waals surface area contributed by atoms with Gasteiger partial charge in [0.05, 0.1) is 10.9 Å². The molecule has 0 radical (unpaired) electrons.